The number of anilines is 1. The Bertz CT molecular complexity index is 811. The molecule has 0 aliphatic rings. The highest BCUT2D eigenvalue weighted by Crippen LogP contribution is 2.36. The maximum atomic E-state index is 9.65. The molecule has 0 radical (unpaired) electrons. The minimum absolute atomic E-state index is 0.167. The van der Waals surface area contributed by atoms with E-state index >= 15 is 0 Å². The van der Waals surface area contributed by atoms with Crippen LogP contribution >= 0.6 is 15.9 Å². The maximum absolute atomic E-state index is 9.65. The van der Waals surface area contributed by atoms with Crippen LogP contribution in [0.15, 0.2) is 47.1 Å². The number of fused-ring (bicyclic) bond motifs is 1. The molecule has 1 heterocycles. The van der Waals surface area contributed by atoms with Crippen molar-refractivity contribution >= 4 is 32.4 Å². The number of nitrogens with zero attached hydrogens (tertiary/aromatic N) is 1. The molecule has 0 aliphatic carbocycles. The van der Waals surface area contributed by atoms with E-state index in [-0.39, 0.29) is 5.75 Å². The number of halogens is 1. The normalized spacial score (nSPS) is 10.8. The Morgan fingerprint density at radius 1 is 1.19 bits per heavy atom. The number of nitrogen functional groups attached to an aromatic ring is 1. The van der Waals surface area contributed by atoms with Crippen molar-refractivity contribution in [2.45, 2.75) is 6.92 Å². The van der Waals surface area contributed by atoms with E-state index in [9.17, 15) is 5.11 Å². The number of aryl methyl sites for hydroxylation is 1. The lowest BCUT2D eigenvalue weighted by Crippen LogP contribution is -1.97. The quantitative estimate of drug-likeness (QED) is 0.676. The first-order valence-corrected chi connectivity index (χ1v) is 7.15. The predicted molar refractivity (Wildman–Crippen MR) is 86.8 cm³/mol. The van der Waals surface area contributed by atoms with Crippen LogP contribution in [-0.4, -0.2) is 10.1 Å². The van der Waals surface area contributed by atoms with Gasteiger partial charge in [-0.15, -0.1) is 0 Å². The van der Waals surface area contributed by atoms with Crippen LogP contribution in [0.5, 0.6) is 17.4 Å². The first kappa shape index (κ1) is 13.7. The third-order valence-corrected chi connectivity index (χ3v) is 3.64. The summed E-state index contributed by atoms with van der Waals surface area (Å²) in [5, 5.41) is 11.3. The molecule has 106 valence electrons. The Morgan fingerprint density at radius 3 is 2.76 bits per heavy atom. The highest BCUT2D eigenvalue weighted by molar-refractivity contribution is 9.10. The molecule has 1 aromatic heterocycles. The molecular weight excluding hydrogens is 332 g/mol. The van der Waals surface area contributed by atoms with Crippen LogP contribution in [-0.2, 0) is 0 Å². The molecule has 4 nitrogen and oxygen atoms in total. The number of pyridine rings is 1. The lowest BCUT2D eigenvalue weighted by molar-refractivity contribution is 0.464. The van der Waals surface area contributed by atoms with Gasteiger partial charge in [0.1, 0.15) is 5.75 Å². The van der Waals surface area contributed by atoms with Crippen molar-refractivity contribution in [1.29, 1.82) is 0 Å². The molecule has 0 bridgehead atoms. The maximum Gasteiger partial charge on any atom is 0.227 e. The first-order chi connectivity index (χ1) is 10.0. The smallest absolute Gasteiger partial charge is 0.227 e. The van der Waals surface area contributed by atoms with Crippen molar-refractivity contribution in [2.75, 3.05) is 5.73 Å². The van der Waals surface area contributed by atoms with Crippen LogP contribution in [0.2, 0.25) is 0 Å². The topological polar surface area (TPSA) is 68.4 Å². The monoisotopic (exact) mass is 344 g/mol. The number of ether oxygens (including phenoxy) is 1. The van der Waals surface area contributed by atoms with Gasteiger partial charge in [0.25, 0.3) is 0 Å². The lowest BCUT2D eigenvalue weighted by Gasteiger charge is -2.13. The fourth-order valence-corrected chi connectivity index (χ4v) is 2.79. The molecule has 0 unspecified atom stereocenters. The highest BCUT2D eigenvalue weighted by atomic mass is 79.9. The number of benzene rings is 2. The zero-order valence-corrected chi connectivity index (χ0v) is 12.9. The number of nitrogens with two attached hydrogens (primary N) is 1. The van der Waals surface area contributed by atoms with Gasteiger partial charge in [0.05, 0.1) is 5.69 Å². The molecule has 0 aliphatic heterocycles. The van der Waals surface area contributed by atoms with Gasteiger partial charge < -0.3 is 15.6 Å². The zero-order chi connectivity index (χ0) is 15.0. The Hall–Kier alpha value is -2.27. The number of hydrogen-bond acceptors (Lipinski definition) is 4. The van der Waals surface area contributed by atoms with Gasteiger partial charge in [-0.2, -0.15) is 0 Å². The van der Waals surface area contributed by atoms with E-state index in [1.165, 1.54) is 0 Å². The Labute approximate surface area is 130 Å². The van der Waals surface area contributed by atoms with Crippen LogP contribution in [0.4, 0.5) is 5.69 Å². The molecule has 0 atom stereocenters. The fraction of sp³-hybridized carbons (Fsp3) is 0.0625. The van der Waals surface area contributed by atoms with E-state index in [0.717, 1.165) is 20.8 Å². The predicted octanol–water partition coefficient (Wildman–Crippen LogP) is 4.39. The summed E-state index contributed by atoms with van der Waals surface area (Å²) in [4.78, 5) is 4.25. The minimum Gasteiger partial charge on any atom is -0.508 e. The van der Waals surface area contributed by atoms with E-state index in [1.807, 2.05) is 25.1 Å². The number of aromatic hydroxyl groups is 1. The molecule has 5 heteroatoms. The second-order valence-corrected chi connectivity index (χ2v) is 5.68. The molecule has 0 fully saturated rings. The van der Waals surface area contributed by atoms with Gasteiger partial charge in [-0.1, -0.05) is 22.0 Å². The Morgan fingerprint density at radius 2 is 2.00 bits per heavy atom. The molecule has 0 spiro atoms. The molecule has 0 amide bonds. The number of hydrogen-bond donors (Lipinski definition) is 2. The van der Waals surface area contributed by atoms with E-state index in [0.29, 0.717) is 17.3 Å². The van der Waals surface area contributed by atoms with Crippen LogP contribution in [0.1, 0.15) is 5.56 Å². The van der Waals surface area contributed by atoms with Gasteiger partial charge in [0, 0.05) is 16.1 Å². The molecule has 21 heavy (non-hydrogen) atoms. The van der Waals surface area contributed by atoms with Crippen molar-refractivity contribution in [1.82, 2.24) is 4.98 Å². The van der Waals surface area contributed by atoms with Gasteiger partial charge >= 0.3 is 0 Å². The van der Waals surface area contributed by atoms with Crippen molar-refractivity contribution in [2.24, 2.45) is 0 Å². The largest absolute Gasteiger partial charge is 0.508 e. The number of rotatable bonds is 2. The zero-order valence-electron chi connectivity index (χ0n) is 11.3. The SMILES string of the molecule is Cc1cc(Br)cc(N)c1Oc1nccc2ccc(O)cc12. The van der Waals surface area contributed by atoms with Crippen LogP contribution in [0.3, 0.4) is 0 Å². The summed E-state index contributed by atoms with van der Waals surface area (Å²) in [7, 11) is 0. The highest BCUT2D eigenvalue weighted by Gasteiger charge is 2.11. The minimum atomic E-state index is 0.167. The van der Waals surface area contributed by atoms with Crippen molar-refractivity contribution < 1.29 is 9.84 Å². The summed E-state index contributed by atoms with van der Waals surface area (Å²) < 4.78 is 6.79. The summed E-state index contributed by atoms with van der Waals surface area (Å²) in [5.41, 5.74) is 7.44. The van der Waals surface area contributed by atoms with Gasteiger partial charge in [0.15, 0.2) is 5.75 Å². The van der Waals surface area contributed by atoms with E-state index in [4.69, 9.17) is 10.5 Å². The average molecular weight is 345 g/mol. The molecule has 2 aromatic carbocycles. The second-order valence-electron chi connectivity index (χ2n) is 4.76. The van der Waals surface area contributed by atoms with Crippen LogP contribution < -0.4 is 10.5 Å². The third kappa shape index (κ3) is 2.64. The summed E-state index contributed by atoms with van der Waals surface area (Å²) in [6.45, 7) is 1.92. The molecule has 0 saturated carbocycles. The molecule has 3 rings (SSSR count). The van der Waals surface area contributed by atoms with Crippen molar-refractivity contribution in [3.05, 3.63) is 52.6 Å². The molecule has 3 N–H and O–H groups in total. The summed E-state index contributed by atoms with van der Waals surface area (Å²) in [5.74, 6) is 1.16. The summed E-state index contributed by atoms with van der Waals surface area (Å²) in [6.07, 6.45) is 1.67. The summed E-state index contributed by atoms with van der Waals surface area (Å²) >= 11 is 3.40. The Kier molecular flexibility index (Phi) is 3.43. The Balaban J connectivity index is 2.12. The molecule has 3 aromatic rings. The second kappa shape index (κ2) is 5.26. The fourth-order valence-electron chi connectivity index (χ4n) is 2.20. The average Bonchev–Trinajstić information content (AvgIpc) is 2.43. The van der Waals surface area contributed by atoms with Crippen molar-refractivity contribution in [3.63, 3.8) is 0 Å². The third-order valence-electron chi connectivity index (χ3n) is 3.18. The number of phenols is 1. The van der Waals surface area contributed by atoms with E-state index < -0.39 is 0 Å². The first-order valence-electron chi connectivity index (χ1n) is 6.36. The van der Waals surface area contributed by atoms with Crippen molar-refractivity contribution in [3.8, 4) is 17.4 Å². The van der Waals surface area contributed by atoms with Gasteiger partial charge in [-0.05, 0) is 48.2 Å². The molecule has 0 saturated heterocycles. The van der Waals surface area contributed by atoms with Gasteiger partial charge in [0.2, 0.25) is 5.88 Å². The number of aromatic nitrogens is 1. The van der Waals surface area contributed by atoms with E-state index in [1.54, 1.807) is 24.4 Å². The number of phenolic OH excluding ortho intramolecular Hbond substituents is 1. The lowest BCUT2D eigenvalue weighted by atomic mass is 10.1. The van der Waals surface area contributed by atoms with Gasteiger partial charge in [-0.3, -0.25) is 0 Å². The van der Waals surface area contributed by atoms with Crippen LogP contribution in [0.25, 0.3) is 10.8 Å². The summed E-state index contributed by atoms with van der Waals surface area (Å²) in [6, 6.07) is 10.6. The standard InChI is InChI=1S/C16H13BrN2O2/c1-9-6-11(17)7-14(18)15(9)21-16-13-8-12(20)3-2-10(13)4-5-19-16/h2-8,20H,18H2,1H3. The van der Waals surface area contributed by atoms with Gasteiger partial charge in [-0.25, -0.2) is 4.98 Å². The van der Waals surface area contributed by atoms with Crippen LogP contribution in [0, 0.1) is 6.92 Å². The van der Waals surface area contributed by atoms with E-state index in [2.05, 4.69) is 20.9 Å². The molecular formula is C16H13BrN2O2.